The number of anilines is 2. The molecule has 2 aromatic rings. The maximum absolute atomic E-state index is 12.4. The molecule has 22 heavy (non-hydrogen) atoms. The summed E-state index contributed by atoms with van der Waals surface area (Å²) in [6, 6.07) is 11.4. The van der Waals surface area contributed by atoms with E-state index in [1.165, 1.54) is 12.1 Å². The summed E-state index contributed by atoms with van der Waals surface area (Å²) in [4.78, 5) is 11.5. The molecule has 0 radical (unpaired) electrons. The van der Waals surface area contributed by atoms with Crippen LogP contribution in [-0.2, 0) is 14.8 Å². The summed E-state index contributed by atoms with van der Waals surface area (Å²) >= 11 is 0. The predicted molar refractivity (Wildman–Crippen MR) is 82.6 cm³/mol. The second-order valence-corrected chi connectivity index (χ2v) is 6.63. The van der Waals surface area contributed by atoms with E-state index < -0.39 is 10.0 Å². The first-order chi connectivity index (χ1) is 10.5. The number of carbonyl (C=O) groups is 1. The lowest BCUT2D eigenvalue weighted by Crippen LogP contribution is -2.26. The number of nitrogens with one attached hydrogen (secondary N) is 2. The normalized spacial score (nSPS) is 13.8. The van der Waals surface area contributed by atoms with Gasteiger partial charge in [0.15, 0.2) is 12.4 Å². The Hall–Kier alpha value is -2.54. The fraction of sp³-hybridized carbons (Fsp3) is 0.133. The highest BCUT2D eigenvalue weighted by atomic mass is 32.2. The largest absolute Gasteiger partial charge is 0.479 e. The third-order valence-corrected chi connectivity index (χ3v) is 4.53. The second kappa shape index (κ2) is 5.34. The van der Waals surface area contributed by atoms with E-state index in [2.05, 4.69) is 10.0 Å². The third kappa shape index (κ3) is 2.75. The topological polar surface area (TPSA) is 84.5 Å². The summed E-state index contributed by atoms with van der Waals surface area (Å²) in [5.74, 6) is 0.0553. The summed E-state index contributed by atoms with van der Waals surface area (Å²) in [6.07, 6.45) is 0. The molecule has 114 valence electrons. The molecule has 0 aromatic heterocycles. The van der Waals surface area contributed by atoms with Gasteiger partial charge in [-0.1, -0.05) is 18.2 Å². The van der Waals surface area contributed by atoms with Crippen molar-refractivity contribution in [3.63, 3.8) is 0 Å². The lowest BCUT2D eigenvalue weighted by atomic mass is 10.1. The second-order valence-electron chi connectivity index (χ2n) is 4.94. The van der Waals surface area contributed by atoms with Crippen molar-refractivity contribution in [2.24, 2.45) is 0 Å². The van der Waals surface area contributed by atoms with E-state index in [0.29, 0.717) is 17.1 Å². The number of sulfonamides is 1. The van der Waals surface area contributed by atoms with E-state index in [9.17, 15) is 13.2 Å². The van der Waals surface area contributed by atoms with Crippen molar-refractivity contribution < 1.29 is 17.9 Å². The minimum Gasteiger partial charge on any atom is -0.479 e. The molecule has 0 spiro atoms. The molecule has 0 saturated heterocycles. The van der Waals surface area contributed by atoms with Crippen molar-refractivity contribution in [3.05, 3.63) is 48.0 Å². The Kier molecular flexibility index (Phi) is 3.50. The number of hydrogen-bond acceptors (Lipinski definition) is 4. The van der Waals surface area contributed by atoms with Gasteiger partial charge in [-0.05, 0) is 36.8 Å². The van der Waals surface area contributed by atoms with E-state index >= 15 is 0 Å². The molecule has 0 fully saturated rings. The summed E-state index contributed by atoms with van der Waals surface area (Å²) in [5.41, 5.74) is 1.57. The average molecular weight is 318 g/mol. The van der Waals surface area contributed by atoms with Crippen molar-refractivity contribution in [3.8, 4) is 5.75 Å². The van der Waals surface area contributed by atoms with Crippen LogP contribution >= 0.6 is 0 Å². The van der Waals surface area contributed by atoms with Crippen LogP contribution in [0.4, 0.5) is 11.4 Å². The minimum absolute atomic E-state index is 0.143. The predicted octanol–water partition coefficient (Wildman–Crippen LogP) is 2.13. The van der Waals surface area contributed by atoms with Crippen LogP contribution in [0.2, 0.25) is 0 Å². The van der Waals surface area contributed by atoms with Crippen molar-refractivity contribution in [2.45, 2.75) is 11.8 Å². The molecule has 7 heteroatoms. The molecule has 1 aliphatic heterocycles. The Bertz CT molecular complexity index is 832. The van der Waals surface area contributed by atoms with Gasteiger partial charge < -0.3 is 10.1 Å². The summed E-state index contributed by atoms with van der Waals surface area (Å²) in [5, 5.41) is 2.67. The zero-order valence-corrected chi connectivity index (χ0v) is 12.6. The number of ether oxygens (including phenoxy) is 1. The molecule has 2 aromatic carbocycles. The first-order valence-corrected chi connectivity index (χ1v) is 8.09. The molecule has 0 saturated carbocycles. The molecule has 0 bridgehead atoms. The number of fused-ring (bicyclic) bond motifs is 1. The van der Waals surface area contributed by atoms with Gasteiger partial charge in [-0.3, -0.25) is 9.52 Å². The van der Waals surface area contributed by atoms with Crippen molar-refractivity contribution in [1.29, 1.82) is 0 Å². The van der Waals surface area contributed by atoms with Gasteiger partial charge in [-0.2, -0.15) is 0 Å². The molecule has 0 atom stereocenters. The van der Waals surface area contributed by atoms with Gasteiger partial charge in [0.05, 0.1) is 16.3 Å². The number of benzene rings is 2. The molecule has 1 amide bonds. The van der Waals surface area contributed by atoms with Gasteiger partial charge in [-0.25, -0.2) is 8.42 Å². The van der Waals surface area contributed by atoms with Gasteiger partial charge in [0, 0.05) is 0 Å². The van der Waals surface area contributed by atoms with Crippen LogP contribution in [0.15, 0.2) is 47.4 Å². The Morgan fingerprint density at radius 3 is 2.64 bits per heavy atom. The number of carbonyl (C=O) groups excluding carboxylic acids is 1. The van der Waals surface area contributed by atoms with E-state index in [1.807, 2.05) is 0 Å². The van der Waals surface area contributed by atoms with Crippen LogP contribution in [0.3, 0.4) is 0 Å². The molecule has 1 aliphatic rings. The van der Waals surface area contributed by atoms with Gasteiger partial charge >= 0.3 is 0 Å². The maximum Gasteiger partial charge on any atom is 0.262 e. The Labute approximate surface area is 128 Å². The maximum atomic E-state index is 12.4. The zero-order chi connectivity index (χ0) is 15.7. The molecular formula is C15H14N2O4S. The smallest absolute Gasteiger partial charge is 0.262 e. The highest BCUT2D eigenvalue weighted by Gasteiger charge is 2.23. The Balaban J connectivity index is 2.01. The fourth-order valence-electron chi connectivity index (χ4n) is 2.22. The molecular weight excluding hydrogens is 304 g/mol. The van der Waals surface area contributed by atoms with Gasteiger partial charge in [-0.15, -0.1) is 0 Å². The van der Waals surface area contributed by atoms with Gasteiger partial charge in [0.1, 0.15) is 0 Å². The lowest BCUT2D eigenvalue weighted by molar-refractivity contribution is -0.118. The van der Waals surface area contributed by atoms with Crippen LogP contribution < -0.4 is 14.8 Å². The first kappa shape index (κ1) is 14.4. The third-order valence-electron chi connectivity index (χ3n) is 3.15. The van der Waals surface area contributed by atoms with Crippen molar-refractivity contribution >= 4 is 27.3 Å². The summed E-state index contributed by atoms with van der Waals surface area (Å²) in [6.45, 7) is 1.66. The van der Waals surface area contributed by atoms with Crippen LogP contribution in [-0.4, -0.2) is 20.9 Å². The van der Waals surface area contributed by atoms with E-state index in [-0.39, 0.29) is 17.4 Å². The Morgan fingerprint density at radius 1 is 1.18 bits per heavy atom. The van der Waals surface area contributed by atoms with Crippen LogP contribution in [0, 0.1) is 6.92 Å². The molecule has 0 aliphatic carbocycles. The molecule has 2 N–H and O–H groups in total. The quantitative estimate of drug-likeness (QED) is 0.908. The van der Waals surface area contributed by atoms with Crippen molar-refractivity contribution in [1.82, 2.24) is 0 Å². The fourth-order valence-corrected chi connectivity index (χ4v) is 3.30. The Morgan fingerprint density at radius 2 is 1.91 bits per heavy atom. The molecule has 0 unspecified atom stereocenters. The summed E-state index contributed by atoms with van der Waals surface area (Å²) in [7, 11) is -3.72. The van der Waals surface area contributed by atoms with Crippen LogP contribution in [0.1, 0.15) is 5.56 Å². The number of hydrogen-bond donors (Lipinski definition) is 2. The number of aryl methyl sites for hydroxylation is 1. The van der Waals surface area contributed by atoms with E-state index in [4.69, 9.17) is 4.74 Å². The monoisotopic (exact) mass is 318 g/mol. The van der Waals surface area contributed by atoms with E-state index in [0.717, 1.165) is 5.56 Å². The standard InChI is InChI=1S/C15H14N2O4S/c1-10-7-12-15(21-9-14(18)16-12)13(8-10)17-22(19,20)11-5-3-2-4-6-11/h2-8,17H,9H2,1H3,(H,16,18). The van der Waals surface area contributed by atoms with E-state index in [1.54, 1.807) is 37.3 Å². The first-order valence-electron chi connectivity index (χ1n) is 6.61. The molecule has 6 nitrogen and oxygen atoms in total. The average Bonchev–Trinajstić information content (AvgIpc) is 2.47. The lowest BCUT2D eigenvalue weighted by Gasteiger charge is -2.22. The summed E-state index contributed by atoms with van der Waals surface area (Å²) < 4.78 is 32.7. The van der Waals surface area contributed by atoms with Gasteiger partial charge in [0.25, 0.3) is 15.9 Å². The zero-order valence-electron chi connectivity index (χ0n) is 11.8. The van der Waals surface area contributed by atoms with Crippen LogP contribution in [0.25, 0.3) is 0 Å². The minimum atomic E-state index is -3.72. The molecule has 1 heterocycles. The van der Waals surface area contributed by atoms with Crippen molar-refractivity contribution in [2.75, 3.05) is 16.6 Å². The van der Waals surface area contributed by atoms with Crippen LogP contribution in [0.5, 0.6) is 5.75 Å². The number of rotatable bonds is 3. The highest BCUT2D eigenvalue weighted by molar-refractivity contribution is 7.92. The molecule has 3 rings (SSSR count). The highest BCUT2D eigenvalue weighted by Crippen LogP contribution is 2.38. The SMILES string of the molecule is Cc1cc2c(c(NS(=O)(=O)c3ccccc3)c1)OCC(=O)N2. The number of amides is 1. The van der Waals surface area contributed by atoms with Gasteiger partial charge in [0.2, 0.25) is 0 Å².